The van der Waals surface area contributed by atoms with Crippen molar-refractivity contribution in [1.82, 2.24) is 10.6 Å². The number of carbonyl (C=O) groups excluding carboxylic acids is 1. The number of rotatable bonds is 10. The lowest BCUT2D eigenvalue weighted by Crippen LogP contribution is -2.44. The lowest BCUT2D eigenvalue weighted by Gasteiger charge is -2.27. The van der Waals surface area contributed by atoms with Crippen LogP contribution in [-0.2, 0) is 16.1 Å². The highest BCUT2D eigenvalue weighted by molar-refractivity contribution is 5.90. The number of anilines is 1. The zero-order valence-electron chi connectivity index (χ0n) is 17.1. The number of benzene rings is 1. The van der Waals surface area contributed by atoms with E-state index >= 15 is 0 Å². The van der Waals surface area contributed by atoms with E-state index in [0.717, 1.165) is 56.2 Å². The average Bonchev–Trinajstić information content (AvgIpc) is 3.14. The van der Waals surface area contributed by atoms with Gasteiger partial charge in [-0.25, -0.2) is 4.99 Å². The number of nitrogens with one attached hydrogen (secondary N) is 3. The number of amides is 1. The van der Waals surface area contributed by atoms with E-state index in [-0.39, 0.29) is 17.9 Å². The Morgan fingerprint density at radius 2 is 2.04 bits per heavy atom. The van der Waals surface area contributed by atoms with Crippen molar-refractivity contribution < 1.29 is 14.6 Å². The minimum Gasteiger partial charge on any atom is -0.396 e. The number of aliphatic hydroxyl groups excluding tert-OH is 1. The Labute approximate surface area is 168 Å². The van der Waals surface area contributed by atoms with E-state index in [1.165, 1.54) is 0 Å². The number of hydrogen-bond acceptors (Lipinski definition) is 4. The van der Waals surface area contributed by atoms with Gasteiger partial charge in [0, 0.05) is 43.8 Å². The molecule has 0 radical (unpaired) electrons. The van der Waals surface area contributed by atoms with Gasteiger partial charge in [0.05, 0.1) is 13.2 Å². The smallest absolute Gasteiger partial charge is 0.224 e. The highest BCUT2D eigenvalue weighted by atomic mass is 16.5. The number of aliphatic hydroxyl groups is 1. The third-order valence-corrected chi connectivity index (χ3v) is 4.94. The molecule has 0 saturated carbocycles. The minimum atomic E-state index is -0.0245. The zero-order chi connectivity index (χ0) is 20.2. The van der Waals surface area contributed by atoms with Crippen LogP contribution in [0.2, 0.25) is 0 Å². The third-order valence-electron chi connectivity index (χ3n) is 4.94. The molecule has 0 aliphatic carbocycles. The maximum Gasteiger partial charge on any atom is 0.224 e. The first kappa shape index (κ1) is 22.2. The molecule has 1 atom stereocenters. The lowest BCUT2D eigenvalue weighted by atomic mass is 9.84. The van der Waals surface area contributed by atoms with Gasteiger partial charge in [0.25, 0.3) is 0 Å². The van der Waals surface area contributed by atoms with Crippen LogP contribution in [0.1, 0.15) is 45.1 Å². The van der Waals surface area contributed by atoms with E-state index in [0.29, 0.717) is 19.6 Å². The maximum absolute atomic E-state index is 11.7. The molecule has 1 unspecified atom stereocenters. The van der Waals surface area contributed by atoms with Crippen molar-refractivity contribution in [2.75, 3.05) is 38.2 Å². The molecule has 7 nitrogen and oxygen atoms in total. The first-order chi connectivity index (χ1) is 13.6. The summed E-state index contributed by atoms with van der Waals surface area (Å²) in [4.78, 5) is 16.3. The molecular formula is C21H34N4O3. The van der Waals surface area contributed by atoms with Gasteiger partial charge >= 0.3 is 0 Å². The highest BCUT2D eigenvalue weighted by Gasteiger charge is 2.34. The van der Waals surface area contributed by atoms with Crippen LogP contribution >= 0.6 is 0 Å². The molecule has 2 rings (SSSR count). The molecule has 1 aromatic carbocycles. The molecule has 1 aliphatic rings. The molecule has 1 aliphatic heterocycles. The number of hydrogen-bond donors (Lipinski definition) is 4. The summed E-state index contributed by atoms with van der Waals surface area (Å²) >= 11 is 0. The Balaban J connectivity index is 1.91. The molecule has 7 heteroatoms. The van der Waals surface area contributed by atoms with Crippen LogP contribution in [0.4, 0.5) is 5.69 Å². The molecule has 1 amide bonds. The molecule has 4 N–H and O–H groups in total. The van der Waals surface area contributed by atoms with Crippen LogP contribution in [0.5, 0.6) is 0 Å². The standard InChI is InChI=1S/C21H34N4O3/c1-3-5-19(27)25-18-8-6-17(7-9-18)14-23-20(22-4-2)24-15-21(10-12-26)11-13-28-16-21/h6-9,26H,3-5,10-16H2,1-2H3,(H,25,27)(H2,22,23,24). The van der Waals surface area contributed by atoms with Crippen LogP contribution < -0.4 is 16.0 Å². The monoisotopic (exact) mass is 390 g/mol. The molecular weight excluding hydrogens is 356 g/mol. The van der Waals surface area contributed by atoms with Crippen LogP contribution in [0, 0.1) is 5.41 Å². The SMILES string of the molecule is CCCC(=O)Nc1ccc(CN=C(NCC)NCC2(CCO)CCOC2)cc1. The lowest BCUT2D eigenvalue weighted by molar-refractivity contribution is -0.116. The van der Waals surface area contributed by atoms with Crippen molar-refractivity contribution in [3.63, 3.8) is 0 Å². The van der Waals surface area contributed by atoms with Crippen LogP contribution in [0.25, 0.3) is 0 Å². The summed E-state index contributed by atoms with van der Waals surface area (Å²) in [6, 6.07) is 7.77. The van der Waals surface area contributed by atoms with Crippen LogP contribution in [0.3, 0.4) is 0 Å². The summed E-state index contributed by atoms with van der Waals surface area (Å²) in [6.07, 6.45) is 3.05. The molecule has 1 aromatic rings. The fourth-order valence-corrected chi connectivity index (χ4v) is 3.24. The summed E-state index contributed by atoms with van der Waals surface area (Å²) in [5, 5.41) is 18.9. The Morgan fingerprint density at radius 3 is 2.64 bits per heavy atom. The predicted octanol–water partition coefficient (Wildman–Crippen LogP) is 2.27. The van der Waals surface area contributed by atoms with Gasteiger partial charge in [-0.05, 0) is 43.9 Å². The molecule has 1 heterocycles. The van der Waals surface area contributed by atoms with Crippen LogP contribution in [0.15, 0.2) is 29.3 Å². The molecule has 0 bridgehead atoms. The number of guanidine groups is 1. The van der Waals surface area contributed by atoms with E-state index in [4.69, 9.17) is 4.74 Å². The van der Waals surface area contributed by atoms with Crippen molar-refractivity contribution >= 4 is 17.6 Å². The van der Waals surface area contributed by atoms with E-state index in [9.17, 15) is 9.90 Å². The van der Waals surface area contributed by atoms with E-state index in [1.807, 2.05) is 38.1 Å². The van der Waals surface area contributed by atoms with E-state index in [2.05, 4.69) is 20.9 Å². The number of aliphatic imine (C=N–C) groups is 1. The summed E-state index contributed by atoms with van der Waals surface area (Å²) in [7, 11) is 0. The Morgan fingerprint density at radius 1 is 1.25 bits per heavy atom. The van der Waals surface area contributed by atoms with Crippen molar-refractivity contribution in [3.05, 3.63) is 29.8 Å². The number of nitrogens with zero attached hydrogens (tertiary/aromatic N) is 1. The summed E-state index contributed by atoms with van der Waals surface area (Å²) in [5.41, 5.74) is 1.85. The highest BCUT2D eigenvalue weighted by Crippen LogP contribution is 2.31. The zero-order valence-corrected chi connectivity index (χ0v) is 17.1. The molecule has 1 fully saturated rings. The second-order valence-corrected chi connectivity index (χ2v) is 7.32. The molecule has 1 saturated heterocycles. The van der Waals surface area contributed by atoms with Gasteiger partial charge in [-0.2, -0.15) is 0 Å². The van der Waals surface area contributed by atoms with Gasteiger partial charge in [0.2, 0.25) is 5.91 Å². The molecule has 0 aromatic heterocycles. The topological polar surface area (TPSA) is 95.0 Å². The Hall–Kier alpha value is -2.12. The quantitative estimate of drug-likeness (QED) is 0.363. The number of ether oxygens (including phenoxy) is 1. The molecule has 156 valence electrons. The van der Waals surface area contributed by atoms with Crippen molar-refractivity contribution in [2.45, 2.75) is 46.1 Å². The van der Waals surface area contributed by atoms with Crippen molar-refractivity contribution in [3.8, 4) is 0 Å². The predicted molar refractivity (Wildman–Crippen MR) is 112 cm³/mol. The molecule has 28 heavy (non-hydrogen) atoms. The maximum atomic E-state index is 11.7. The van der Waals surface area contributed by atoms with Gasteiger partial charge in [-0.3, -0.25) is 4.79 Å². The van der Waals surface area contributed by atoms with Gasteiger partial charge in [-0.15, -0.1) is 0 Å². The summed E-state index contributed by atoms with van der Waals surface area (Å²) < 4.78 is 5.55. The largest absolute Gasteiger partial charge is 0.396 e. The molecule has 0 spiro atoms. The Bertz CT molecular complexity index is 625. The summed E-state index contributed by atoms with van der Waals surface area (Å²) in [6.45, 7) is 7.65. The van der Waals surface area contributed by atoms with E-state index in [1.54, 1.807) is 0 Å². The van der Waals surface area contributed by atoms with Gasteiger partial charge in [0.1, 0.15) is 0 Å². The van der Waals surface area contributed by atoms with Crippen LogP contribution in [-0.4, -0.2) is 49.9 Å². The Kier molecular flexibility index (Phi) is 9.23. The summed E-state index contributed by atoms with van der Waals surface area (Å²) in [5.74, 6) is 0.798. The second kappa shape index (κ2) is 11.7. The fraction of sp³-hybridized carbons (Fsp3) is 0.619. The van der Waals surface area contributed by atoms with E-state index < -0.39 is 0 Å². The average molecular weight is 391 g/mol. The van der Waals surface area contributed by atoms with Gasteiger partial charge in [-0.1, -0.05) is 19.1 Å². The van der Waals surface area contributed by atoms with Gasteiger partial charge in [0.15, 0.2) is 5.96 Å². The first-order valence-corrected chi connectivity index (χ1v) is 10.2. The van der Waals surface area contributed by atoms with Crippen molar-refractivity contribution in [1.29, 1.82) is 0 Å². The fourth-order valence-electron chi connectivity index (χ4n) is 3.24. The third kappa shape index (κ3) is 7.13. The first-order valence-electron chi connectivity index (χ1n) is 10.2. The second-order valence-electron chi connectivity index (χ2n) is 7.32. The minimum absolute atomic E-state index is 0.0245. The normalized spacial score (nSPS) is 19.5. The number of carbonyl (C=O) groups is 1. The van der Waals surface area contributed by atoms with Gasteiger partial charge < -0.3 is 25.8 Å². The van der Waals surface area contributed by atoms with Crippen molar-refractivity contribution in [2.24, 2.45) is 10.4 Å².